The van der Waals surface area contributed by atoms with Crippen molar-refractivity contribution < 1.29 is 4.79 Å². The number of piperazine rings is 1. The summed E-state index contributed by atoms with van der Waals surface area (Å²) in [7, 11) is 0. The molecule has 0 spiro atoms. The predicted molar refractivity (Wildman–Crippen MR) is 126 cm³/mol. The van der Waals surface area contributed by atoms with E-state index in [1.807, 2.05) is 0 Å². The summed E-state index contributed by atoms with van der Waals surface area (Å²) in [6, 6.07) is 11.1. The molecule has 4 rings (SSSR count). The van der Waals surface area contributed by atoms with Gasteiger partial charge in [0, 0.05) is 37.6 Å². The van der Waals surface area contributed by atoms with Crippen LogP contribution in [0, 0.1) is 24.2 Å². The number of rotatable bonds is 6. The van der Waals surface area contributed by atoms with Crippen LogP contribution >= 0.6 is 11.3 Å². The molecule has 1 atom stereocenters. The van der Waals surface area contributed by atoms with E-state index in [1.54, 1.807) is 11.3 Å². The summed E-state index contributed by atoms with van der Waals surface area (Å²) >= 11 is 1.62. The van der Waals surface area contributed by atoms with Gasteiger partial charge in [0.1, 0.15) is 11.1 Å². The number of anilines is 1. The molecule has 1 fully saturated rings. The Morgan fingerprint density at radius 2 is 1.90 bits per heavy atom. The average Bonchev–Trinajstić information content (AvgIpc) is 3.12. The van der Waals surface area contributed by atoms with Gasteiger partial charge in [-0.15, -0.1) is 11.3 Å². The first-order chi connectivity index (χ1) is 15.1. The summed E-state index contributed by atoms with van der Waals surface area (Å²) in [4.78, 5) is 18.7. The lowest BCUT2D eigenvalue weighted by Crippen LogP contribution is -2.48. The van der Waals surface area contributed by atoms with Gasteiger partial charge in [-0.25, -0.2) is 0 Å². The average molecular weight is 437 g/mol. The third-order valence-corrected chi connectivity index (χ3v) is 7.84. The third kappa shape index (κ3) is 5.35. The van der Waals surface area contributed by atoms with Crippen molar-refractivity contribution >= 4 is 22.2 Å². The molecule has 2 aliphatic rings. The zero-order valence-electron chi connectivity index (χ0n) is 18.6. The summed E-state index contributed by atoms with van der Waals surface area (Å²) in [5.74, 6) is 0.701. The monoisotopic (exact) mass is 436 g/mol. The van der Waals surface area contributed by atoms with E-state index in [2.05, 4.69) is 59.3 Å². The van der Waals surface area contributed by atoms with Crippen molar-refractivity contribution in [1.29, 1.82) is 5.26 Å². The van der Waals surface area contributed by atoms with Crippen molar-refractivity contribution in [2.45, 2.75) is 46.1 Å². The van der Waals surface area contributed by atoms with Crippen LogP contribution < -0.4 is 5.32 Å². The molecule has 2 aromatic rings. The minimum Gasteiger partial charge on any atom is -0.315 e. The molecular formula is C25H32N4OS. The molecule has 1 aromatic heterocycles. The normalized spacial score (nSPS) is 19.6. The highest BCUT2D eigenvalue weighted by molar-refractivity contribution is 7.16. The fourth-order valence-corrected chi connectivity index (χ4v) is 5.96. The van der Waals surface area contributed by atoms with Gasteiger partial charge in [0.2, 0.25) is 5.91 Å². The predicted octanol–water partition coefficient (Wildman–Crippen LogP) is 4.20. The Kier molecular flexibility index (Phi) is 7.06. The lowest BCUT2D eigenvalue weighted by atomic mass is 9.86. The smallest absolute Gasteiger partial charge is 0.239 e. The van der Waals surface area contributed by atoms with E-state index < -0.39 is 0 Å². The lowest BCUT2D eigenvalue weighted by molar-refractivity contribution is -0.117. The molecule has 1 aliphatic carbocycles. The first-order valence-corrected chi connectivity index (χ1v) is 12.2. The highest BCUT2D eigenvalue weighted by atomic mass is 32.1. The Morgan fingerprint density at radius 3 is 2.58 bits per heavy atom. The lowest BCUT2D eigenvalue weighted by Gasteiger charge is -2.34. The topological polar surface area (TPSA) is 59.4 Å². The van der Waals surface area contributed by atoms with Crippen LogP contribution in [-0.2, 0) is 24.2 Å². The molecule has 0 bridgehead atoms. The second-order valence-corrected chi connectivity index (χ2v) is 10.0. The molecule has 1 N–H and O–H groups in total. The van der Waals surface area contributed by atoms with Crippen LogP contribution in [0.1, 0.15) is 46.9 Å². The van der Waals surface area contributed by atoms with Gasteiger partial charge in [-0.1, -0.05) is 43.2 Å². The van der Waals surface area contributed by atoms with Crippen molar-refractivity contribution in [1.82, 2.24) is 9.80 Å². The number of carbonyl (C=O) groups excluding carboxylic acids is 1. The number of amides is 1. The van der Waals surface area contributed by atoms with Crippen LogP contribution in [0.4, 0.5) is 5.00 Å². The third-order valence-electron chi connectivity index (χ3n) is 6.67. The first kappa shape index (κ1) is 22.0. The van der Waals surface area contributed by atoms with Crippen LogP contribution in [-0.4, -0.2) is 48.4 Å². The van der Waals surface area contributed by atoms with E-state index in [0.29, 0.717) is 18.0 Å². The van der Waals surface area contributed by atoms with Crippen LogP contribution in [0.5, 0.6) is 0 Å². The Labute approximate surface area is 189 Å². The van der Waals surface area contributed by atoms with E-state index in [9.17, 15) is 10.1 Å². The van der Waals surface area contributed by atoms with E-state index in [4.69, 9.17) is 0 Å². The molecule has 5 nitrogen and oxygen atoms in total. The Bertz CT molecular complexity index is 951. The van der Waals surface area contributed by atoms with Crippen molar-refractivity contribution in [2.75, 3.05) is 38.0 Å². The molecule has 164 valence electrons. The van der Waals surface area contributed by atoms with E-state index in [0.717, 1.165) is 57.0 Å². The minimum absolute atomic E-state index is 0.00544. The summed E-state index contributed by atoms with van der Waals surface area (Å²) in [6.45, 7) is 9.42. The number of hydrogen-bond acceptors (Lipinski definition) is 5. The summed E-state index contributed by atoms with van der Waals surface area (Å²) < 4.78 is 0. The second-order valence-electron chi connectivity index (χ2n) is 8.92. The van der Waals surface area contributed by atoms with Gasteiger partial charge in [0.25, 0.3) is 0 Å². The molecular weight excluding hydrogens is 404 g/mol. The van der Waals surface area contributed by atoms with Crippen molar-refractivity contribution in [2.24, 2.45) is 5.92 Å². The zero-order chi connectivity index (χ0) is 21.8. The van der Waals surface area contributed by atoms with Crippen molar-refractivity contribution in [3.05, 3.63) is 51.4 Å². The largest absolute Gasteiger partial charge is 0.315 e. The molecule has 0 radical (unpaired) electrons. The molecule has 1 aliphatic heterocycles. The second kappa shape index (κ2) is 9.95. The first-order valence-electron chi connectivity index (χ1n) is 11.4. The van der Waals surface area contributed by atoms with E-state index >= 15 is 0 Å². The van der Waals surface area contributed by atoms with Gasteiger partial charge < -0.3 is 5.32 Å². The summed E-state index contributed by atoms with van der Waals surface area (Å²) in [5, 5.41) is 13.5. The Hall–Kier alpha value is -2.20. The number of thiophene rings is 1. The number of fused-ring (bicyclic) bond motifs is 1. The number of benzene rings is 1. The number of carbonyl (C=O) groups is 1. The fourth-order valence-electron chi connectivity index (χ4n) is 4.64. The number of nitrogens with one attached hydrogen (secondary N) is 1. The molecule has 6 heteroatoms. The highest BCUT2D eigenvalue weighted by Gasteiger charge is 2.26. The maximum atomic E-state index is 12.7. The van der Waals surface area contributed by atoms with Crippen LogP contribution in [0.3, 0.4) is 0 Å². The maximum Gasteiger partial charge on any atom is 0.239 e. The number of aryl methyl sites for hydroxylation is 1. The highest BCUT2D eigenvalue weighted by Crippen LogP contribution is 2.39. The van der Waals surface area contributed by atoms with E-state index in [-0.39, 0.29) is 5.91 Å². The van der Waals surface area contributed by atoms with Gasteiger partial charge in [-0.3, -0.25) is 14.6 Å². The number of hydrogen-bond donors (Lipinski definition) is 1. The maximum absolute atomic E-state index is 12.7. The zero-order valence-corrected chi connectivity index (χ0v) is 19.4. The standard InChI is InChI=1S/C25H32N4OS/c1-3-19-8-9-21-22(15-26)25(31-23(21)14-19)27-24(30)17-29-12-10-28(11-13-29)16-20-6-4-18(2)5-7-20/h4-7,19H,3,8-14,16-17H2,1-2H3,(H,27,30). The summed E-state index contributed by atoms with van der Waals surface area (Å²) in [5.41, 5.74) is 4.51. The van der Waals surface area contributed by atoms with Crippen LogP contribution in [0.2, 0.25) is 0 Å². The summed E-state index contributed by atoms with van der Waals surface area (Å²) in [6.07, 6.45) is 4.34. The van der Waals surface area contributed by atoms with Gasteiger partial charge in [0.15, 0.2) is 0 Å². The van der Waals surface area contributed by atoms with E-state index in [1.165, 1.54) is 28.0 Å². The molecule has 1 unspecified atom stereocenters. The molecule has 0 saturated carbocycles. The fraction of sp³-hybridized carbons (Fsp3) is 0.520. The van der Waals surface area contributed by atoms with Crippen molar-refractivity contribution in [3.63, 3.8) is 0 Å². The van der Waals surface area contributed by atoms with Crippen LogP contribution in [0.15, 0.2) is 24.3 Å². The molecule has 1 amide bonds. The molecule has 31 heavy (non-hydrogen) atoms. The van der Waals surface area contributed by atoms with Gasteiger partial charge in [-0.05, 0) is 43.2 Å². The van der Waals surface area contributed by atoms with Gasteiger partial charge >= 0.3 is 0 Å². The quantitative estimate of drug-likeness (QED) is 0.737. The Morgan fingerprint density at radius 1 is 1.19 bits per heavy atom. The number of nitrogens with zero attached hydrogens (tertiary/aromatic N) is 3. The van der Waals surface area contributed by atoms with Crippen molar-refractivity contribution in [3.8, 4) is 6.07 Å². The SMILES string of the molecule is CCC1CCc2c(sc(NC(=O)CN3CCN(Cc4ccc(C)cc4)CC3)c2C#N)C1. The van der Waals surface area contributed by atoms with Gasteiger partial charge in [0.05, 0.1) is 12.1 Å². The minimum atomic E-state index is -0.00544. The van der Waals surface area contributed by atoms with Crippen LogP contribution in [0.25, 0.3) is 0 Å². The molecule has 1 aromatic carbocycles. The molecule has 1 saturated heterocycles. The van der Waals surface area contributed by atoms with Gasteiger partial charge in [-0.2, -0.15) is 5.26 Å². The molecule has 2 heterocycles. The number of nitriles is 1. The Balaban J connectivity index is 1.29.